The van der Waals surface area contributed by atoms with Gasteiger partial charge in [0.15, 0.2) is 5.79 Å². The number of nitrogen functional groups attached to an aromatic ring is 1. The van der Waals surface area contributed by atoms with Crippen LogP contribution in [0.5, 0.6) is 5.75 Å². The molecule has 1 aromatic carbocycles. The van der Waals surface area contributed by atoms with Crippen LogP contribution < -0.4 is 10.5 Å². The molecule has 1 atom stereocenters. The second-order valence-electron chi connectivity index (χ2n) is 4.44. The number of halogens is 1. The van der Waals surface area contributed by atoms with Gasteiger partial charge in [0, 0.05) is 5.02 Å². The predicted octanol–water partition coefficient (Wildman–Crippen LogP) is 2.45. The van der Waals surface area contributed by atoms with Gasteiger partial charge in [-0.1, -0.05) is 11.6 Å². The highest BCUT2D eigenvalue weighted by atomic mass is 35.5. The number of benzene rings is 1. The van der Waals surface area contributed by atoms with E-state index in [4.69, 9.17) is 31.5 Å². The lowest BCUT2D eigenvalue weighted by Crippen LogP contribution is -2.25. The van der Waals surface area contributed by atoms with Gasteiger partial charge < -0.3 is 19.9 Å². The highest BCUT2D eigenvalue weighted by molar-refractivity contribution is 6.30. The van der Waals surface area contributed by atoms with Crippen LogP contribution in [0.2, 0.25) is 5.02 Å². The summed E-state index contributed by atoms with van der Waals surface area (Å²) < 4.78 is 16.6. The van der Waals surface area contributed by atoms with E-state index in [9.17, 15) is 0 Å². The minimum atomic E-state index is -0.528. The molecular weight excluding hydrogens is 242 g/mol. The second-order valence-corrected chi connectivity index (χ2v) is 4.88. The molecule has 4 nitrogen and oxygen atoms in total. The summed E-state index contributed by atoms with van der Waals surface area (Å²) in [6.07, 6.45) is -0.0694. The first-order chi connectivity index (χ1) is 7.96. The van der Waals surface area contributed by atoms with Crippen molar-refractivity contribution in [2.24, 2.45) is 0 Å². The van der Waals surface area contributed by atoms with Crippen molar-refractivity contribution < 1.29 is 14.2 Å². The van der Waals surface area contributed by atoms with Gasteiger partial charge in [-0.2, -0.15) is 0 Å². The van der Waals surface area contributed by atoms with E-state index in [-0.39, 0.29) is 6.10 Å². The van der Waals surface area contributed by atoms with Crippen molar-refractivity contribution in [3.05, 3.63) is 23.2 Å². The number of hydrogen-bond acceptors (Lipinski definition) is 4. The van der Waals surface area contributed by atoms with Crippen LogP contribution in [0.25, 0.3) is 0 Å². The lowest BCUT2D eigenvalue weighted by atomic mass is 10.3. The molecule has 0 radical (unpaired) electrons. The van der Waals surface area contributed by atoms with Crippen LogP contribution in [-0.2, 0) is 9.47 Å². The number of hydrogen-bond donors (Lipinski definition) is 1. The number of nitrogens with two attached hydrogens (primary N) is 1. The molecule has 0 aromatic heterocycles. The molecule has 1 aromatic rings. The Hall–Kier alpha value is -0.970. The predicted molar refractivity (Wildman–Crippen MR) is 66.3 cm³/mol. The number of ether oxygens (including phenoxy) is 3. The minimum absolute atomic E-state index is 0.0694. The van der Waals surface area contributed by atoms with Crippen LogP contribution in [0.15, 0.2) is 18.2 Å². The first kappa shape index (κ1) is 12.5. The van der Waals surface area contributed by atoms with E-state index in [0.29, 0.717) is 29.7 Å². The quantitative estimate of drug-likeness (QED) is 0.845. The van der Waals surface area contributed by atoms with E-state index >= 15 is 0 Å². The van der Waals surface area contributed by atoms with Crippen molar-refractivity contribution in [1.82, 2.24) is 0 Å². The van der Waals surface area contributed by atoms with Crippen LogP contribution in [0.4, 0.5) is 5.69 Å². The monoisotopic (exact) mass is 257 g/mol. The zero-order valence-electron chi connectivity index (χ0n) is 9.90. The van der Waals surface area contributed by atoms with Gasteiger partial charge in [-0.3, -0.25) is 0 Å². The minimum Gasteiger partial charge on any atom is -0.489 e. The SMILES string of the molecule is CC1(C)OC[C@@H](COc2ccc(Cl)cc2N)O1. The van der Waals surface area contributed by atoms with Crippen molar-refractivity contribution in [3.63, 3.8) is 0 Å². The summed E-state index contributed by atoms with van der Waals surface area (Å²) in [6, 6.07) is 5.15. The molecule has 0 spiro atoms. The molecule has 1 aliphatic heterocycles. The number of anilines is 1. The summed E-state index contributed by atoms with van der Waals surface area (Å²) in [6.45, 7) is 4.70. The lowest BCUT2D eigenvalue weighted by Gasteiger charge is -2.17. The standard InChI is InChI=1S/C12H16ClNO3/c1-12(2)16-7-9(17-12)6-15-11-4-3-8(13)5-10(11)14/h3-5,9H,6-7,14H2,1-2H3/t9-/m1/s1. The largest absolute Gasteiger partial charge is 0.489 e. The third kappa shape index (κ3) is 3.25. The average molecular weight is 258 g/mol. The molecule has 5 heteroatoms. The Bertz CT molecular complexity index is 409. The lowest BCUT2D eigenvalue weighted by molar-refractivity contribution is -0.141. The van der Waals surface area contributed by atoms with Gasteiger partial charge in [0.2, 0.25) is 0 Å². The fraction of sp³-hybridized carbons (Fsp3) is 0.500. The average Bonchev–Trinajstić information content (AvgIpc) is 2.57. The summed E-state index contributed by atoms with van der Waals surface area (Å²) in [5.74, 6) is 0.0854. The first-order valence-electron chi connectivity index (χ1n) is 5.46. The molecule has 1 aliphatic rings. The molecule has 2 N–H and O–H groups in total. The molecule has 1 fully saturated rings. The van der Waals surface area contributed by atoms with E-state index in [1.54, 1.807) is 18.2 Å². The molecule has 17 heavy (non-hydrogen) atoms. The Labute approximate surface area is 106 Å². The zero-order valence-corrected chi connectivity index (χ0v) is 10.7. The van der Waals surface area contributed by atoms with E-state index in [1.165, 1.54) is 0 Å². The fourth-order valence-corrected chi connectivity index (χ4v) is 1.86. The van der Waals surface area contributed by atoms with Gasteiger partial charge in [-0.15, -0.1) is 0 Å². The molecule has 0 bridgehead atoms. The summed E-state index contributed by atoms with van der Waals surface area (Å²) in [4.78, 5) is 0. The highest BCUT2D eigenvalue weighted by Gasteiger charge is 2.33. The number of rotatable bonds is 3. The highest BCUT2D eigenvalue weighted by Crippen LogP contribution is 2.27. The molecule has 0 amide bonds. The Morgan fingerprint density at radius 1 is 1.53 bits per heavy atom. The maximum absolute atomic E-state index is 5.80. The Morgan fingerprint density at radius 3 is 2.88 bits per heavy atom. The Morgan fingerprint density at radius 2 is 2.29 bits per heavy atom. The van der Waals surface area contributed by atoms with E-state index in [2.05, 4.69) is 0 Å². The van der Waals surface area contributed by atoms with E-state index in [1.807, 2.05) is 13.8 Å². The maximum atomic E-state index is 5.80. The van der Waals surface area contributed by atoms with Crippen LogP contribution in [-0.4, -0.2) is 25.1 Å². The first-order valence-corrected chi connectivity index (χ1v) is 5.84. The van der Waals surface area contributed by atoms with Crippen molar-refractivity contribution in [2.45, 2.75) is 25.7 Å². The zero-order chi connectivity index (χ0) is 12.5. The normalized spacial score (nSPS) is 22.6. The molecule has 1 heterocycles. The molecular formula is C12H16ClNO3. The van der Waals surface area contributed by atoms with Crippen LogP contribution >= 0.6 is 11.6 Å². The molecule has 1 saturated heterocycles. The third-order valence-electron chi connectivity index (χ3n) is 2.46. The Kier molecular flexibility index (Phi) is 3.47. The topological polar surface area (TPSA) is 53.7 Å². The second kappa shape index (κ2) is 4.72. The van der Waals surface area contributed by atoms with Gasteiger partial charge in [0.25, 0.3) is 0 Å². The molecule has 0 saturated carbocycles. The van der Waals surface area contributed by atoms with E-state index in [0.717, 1.165) is 0 Å². The van der Waals surface area contributed by atoms with Crippen molar-refractivity contribution in [1.29, 1.82) is 0 Å². The Balaban J connectivity index is 1.90. The molecule has 0 aliphatic carbocycles. The van der Waals surface area contributed by atoms with Crippen LogP contribution in [0, 0.1) is 0 Å². The van der Waals surface area contributed by atoms with Crippen LogP contribution in [0.1, 0.15) is 13.8 Å². The summed E-state index contributed by atoms with van der Waals surface area (Å²) in [7, 11) is 0. The molecule has 0 unspecified atom stereocenters. The smallest absolute Gasteiger partial charge is 0.163 e. The third-order valence-corrected chi connectivity index (χ3v) is 2.70. The van der Waals surface area contributed by atoms with Gasteiger partial charge in [0.1, 0.15) is 18.5 Å². The van der Waals surface area contributed by atoms with Crippen molar-refractivity contribution >= 4 is 17.3 Å². The van der Waals surface area contributed by atoms with Gasteiger partial charge in [0.05, 0.1) is 12.3 Å². The maximum Gasteiger partial charge on any atom is 0.163 e. The summed E-state index contributed by atoms with van der Waals surface area (Å²) >= 11 is 5.80. The van der Waals surface area contributed by atoms with E-state index < -0.39 is 5.79 Å². The van der Waals surface area contributed by atoms with Gasteiger partial charge in [-0.05, 0) is 32.0 Å². The van der Waals surface area contributed by atoms with Crippen molar-refractivity contribution in [2.75, 3.05) is 18.9 Å². The van der Waals surface area contributed by atoms with Gasteiger partial charge in [-0.25, -0.2) is 0 Å². The summed E-state index contributed by atoms with van der Waals surface area (Å²) in [5.41, 5.74) is 6.30. The van der Waals surface area contributed by atoms with Crippen molar-refractivity contribution in [3.8, 4) is 5.75 Å². The molecule has 2 rings (SSSR count). The van der Waals surface area contributed by atoms with Gasteiger partial charge >= 0.3 is 0 Å². The summed E-state index contributed by atoms with van der Waals surface area (Å²) in [5, 5.41) is 0.594. The fourth-order valence-electron chi connectivity index (χ4n) is 1.68. The molecule has 94 valence electrons. The van der Waals surface area contributed by atoms with Crippen LogP contribution in [0.3, 0.4) is 0 Å².